The van der Waals surface area contributed by atoms with Crippen LogP contribution in [0.5, 0.6) is 0 Å². The molecule has 0 radical (unpaired) electrons. The third-order valence-corrected chi connectivity index (χ3v) is 6.85. The molecule has 0 spiro atoms. The molecule has 2 aromatic rings. The van der Waals surface area contributed by atoms with Gasteiger partial charge in [0.05, 0.1) is 5.56 Å². The largest absolute Gasteiger partial charge is 0.416 e. The van der Waals surface area contributed by atoms with Crippen molar-refractivity contribution >= 4 is 29.3 Å². The first-order valence-corrected chi connectivity index (χ1v) is 12.7. The third-order valence-electron chi connectivity index (χ3n) is 6.85. The fraction of sp³-hybridized carbons (Fsp3) is 0.357. The molecule has 8 nitrogen and oxygen atoms in total. The quantitative estimate of drug-likeness (QED) is 0.417. The van der Waals surface area contributed by atoms with Crippen molar-refractivity contribution in [1.82, 2.24) is 15.5 Å². The van der Waals surface area contributed by atoms with Crippen LogP contribution in [-0.2, 0) is 31.8 Å². The van der Waals surface area contributed by atoms with E-state index in [0.29, 0.717) is 18.7 Å². The Hall–Kier alpha value is -3.99. The molecule has 0 bridgehead atoms. The van der Waals surface area contributed by atoms with E-state index in [2.05, 4.69) is 16.0 Å². The summed E-state index contributed by atoms with van der Waals surface area (Å²) >= 11 is 0. The lowest BCUT2D eigenvalue weighted by molar-refractivity contribution is -0.149. The van der Waals surface area contributed by atoms with E-state index >= 15 is 0 Å². The molecule has 4 rings (SSSR count). The van der Waals surface area contributed by atoms with E-state index in [-0.39, 0.29) is 30.1 Å². The summed E-state index contributed by atoms with van der Waals surface area (Å²) in [6, 6.07) is 10.4. The minimum atomic E-state index is -4.37. The summed E-state index contributed by atoms with van der Waals surface area (Å²) in [5.74, 6) is -2.38. The summed E-state index contributed by atoms with van der Waals surface area (Å²) in [5.41, 5.74) is 1.88. The van der Waals surface area contributed by atoms with Gasteiger partial charge in [-0.2, -0.15) is 13.2 Å². The molecule has 2 unspecified atom stereocenters. The Balaban J connectivity index is 1.38. The molecule has 2 atom stereocenters. The Bertz CT molecular complexity index is 1340. The second-order valence-corrected chi connectivity index (χ2v) is 9.60. The van der Waals surface area contributed by atoms with Gasteiger partial charge in [-0.3, -0.25) is 29.4 Å². The summed E-state index contributed by atoms with van der Waals surface area (Å²) < 4.78 is 39.1. The van der Waals surface area contributed by atoms with Crippen LogP contribution < -0.4 is 16.0 Å². The van der Waals surface area contributed by atoms with Gasteiger partial charge in [-0.15, -0.1) is 0 Å². The van der Waals surface area contributed by atoms with Crippen LogP contribution in [-0.4, -0.2) is 41.1 Å². The molecule has 4 amide bonds. The zero-order valence-electron chi connectivity index (χ0n) is 21.5. The Morgan fingerprint density at radius 2 is 1.87 bits per heavy atom. The summed E-state index contributed by atoms with van der Waals surface area (Å²) in [4.78, 5) is 49.9. The molecule has 2 aliphatic heterocycles. The summed E-state index contributed by atoms with van der Waals surface area (Å²) in [5, 5.41) is 8.55. The van der Waals surface area contributed by atoms with Crippen molar-refractivity contribution in [2.75, 3.05) is 11.9 Å². The predicted octanol–water partition coefficient (Wildman–Crippen LogP) is 3.77. The maximum Gasteiger partial charge on any atom is 0.416 e. The second kappa shape index (κ2) is 11.4. The van der Waals surface area contributed by atoms with Crippen LogP contribution in [0.25, 0.3) is 0 Å². The number of aryl methyl sites for hydroxylation is 1. The zero-order chi connectivity index (χ0) is 28.3. The van der Waals surface area contributed by atoms with E-state index in [1.807, 2.05) is 19.1 Å². The average molecular weight is 543 g/mol. The molecule has 1 saturated heterocycles. The third kappa shape index (κ3) is 6.36. The normalized spacial score (nSPS) is 18.7. The first-order valence-electron chi connectivity index (χ1n) is 12.7. The van der Waals surface area contributed by atoms with Gasteiger partial charge in [-0.05, 0) is 67.6 Å². The maximum absolute atomic E-state index is 13.0. The van der Waals surface area contributed by atoms with Crippen molar-refractivity contribution < 1.29 is 32.3 Å². The molecular weight excluding hydrogens is 513 g/mol. The molecule has 0 aromatic heterocycles. The van der Waals surface area contributed by atoms with Crippen LogP contribution in [0, 0.1) is 6.92 Å². The van der Waals surface area contributed by atoms with Crippen molar-refractivity contribution in [3.05, 3.63) is 76.5 Å². The van der Waals surface area contributed by atoms with E-state index in [9.17, 15) is 32.3 Å². The van der Waals surface area contributed by atoms with Crippen LogP contribution in [0.3, 0.4) is 0 Å². The Morgan fingerprint density at radius 3 is 2.54 bits per heavy atom. The molecular formula is C28H29F3N4O4. The number of halogens is 3. The number of rotatable bonds is 9. The second-order valence-electron chi connectivity index (χ2n) is 9.60. The van der Waals surface area contributed by atoms with E-state index in [0.717, 1.165) is 34.6 Å². The first-order chi connectivity index (χ1) is 18.5. The lowest BCUT2D eigenvalue weighted by Gasteiger charge is -2.28. The fourth-order valence-corrected chi connectivity index (χ4v) is 4.87. The summed E-state index contributed by atoms with van der Waals surface area (Å²) in [6.45, 7) is 3.99. The fourth-order valence-electron chi connectivity index (χ4n) is 4.87. The van der Waals surface area contributed by atoms with E-state index in [4.69, 9.17) is 0 Å². The highest BCUT2D eigenvalue weighted by molar-refractivity contribution is 6.20. The number of benzene rings is 2. The van der Waals surface area contributed by atoms with E-state index < -0.39 is 41.4 Å². The number of nitrogens with zero attached hydrogens (tertiary/aromatic N) is 1. The monoisotopic (exact) mass is 542 g/mol. The minimum Gasteiger partial charge on any atom is -0.351 e. The van der Waals surface area contributed by atoms with Crippen LogP contribution >= 0.6 is 0 Å². The average Bonchev–Trinajstić information content (AvgIpc) is 3.14. The van der Waals surface area contributed by atoms with Crippen LogP contribution in [0.1, 0.15) is 54.5 Å². The summed E-state index contributed by atoms with van der Waals surface area (Å²) in [6.07, 6.45) is -1.83. The highest BCUT2D eigenvalue weighted by Crippen LogP contribution is 2.32. The SMILES string of the molecule is CCC(NCCc1ccc(C(F)(F)F)c(C)c1)c1cccc(NC2=CC(=O)N(C3CCC(=O)NC3=O)C2=O)c1. The van der Waals surface area contributed by atoms with Crippen molar-refractivity contribution in [3.8, 4) is 0 Å². The minimum absolute atomic E-state index is 0.0283. The standard InChI is InChI=1S/C28H29F3N4O4/c1-3-21(32-12-11-17-7-8-20(16(2)13-17)28(29,30)31)18-5-4-6-19(14-18)33-22-15-25(37)35(27(22)39)23-9-10-24(36)34-26(23)38/h4-8,13-15,21,23,32-33H,3,9-12H2,1-2H3,(H,34,36,38). The Kier molecular flexibility index (Phi) is 8.19. The zero-order valence-corrected chi connectivity index (χ0v) is 21.5. The number of hydrogen-bond acceptors (Lipinski definition) is 6. The molecule has 3 N–H and O–H groups in total. The van der Waals surface area contributed by atoms with Gasteiger partial charge in [-0.25, -0.2) is 0 Å². The van der Waals surface area contributed by atoms with Gasteiger partial charge in [0.15, 0.2) is 0 Å². The predicted molar refractivity (Wildman–Crippen MR) is 137 cm³/mol. The van der Waals surface area contributed by atoms with Gasteiger partial charge < -0.3 is 10.6 Å². The number of nitrogens with one attached hydrogen (secondary N) is 3. The topological polar surface area (TPSA) is 108 Å². The number of amides is 4. The van der Waals surface area contributed by atoms with E-state index in [1.165, 1.54) is 13.0 Å². The van der Waals surface area contributed by atoms with E-state index in [1.54, 1.807) is 18.2 Å². The molecule has 206 valence electrons. The molecule has 0 saturated carbocycles. The highest BCUT2D eigenvalue weighted by Gasteiger charge is 2.42. The Morgan fingerprint density at radius 1 is 1.10 bits per heavy atom. The number of hydrogen-bond donors (Lipinski definition) is 3. The van der Waals surface area contributed by atoms with Crippen molar-refractivity contribution in [1.29, 1.82) is 0 Å². The lowest BCUT2D eigenvalue weighted by Crippen LogP contribution is -2.54. The van der Waals surface area contributed by atoms with Gasteiger partial charge in [0.2, 0.25) is 11.8 Å². The van der Waals surface area contributed by atoms with Crippen molar-refractivity contribution in [2.45, 2.75) is 57.8 Å². The molecule has 2 aromatic carbocycles. The Labute approximate surface area is 223 Å². The molecule has 2 heterocycles. The molecule has 2 aliphatic rings. The first kappa shape index (κ1) is 28.0. The number of imide groups is 2. The van der Waals surface area contributed by atoms with Gasteiger partial charge in [0, 0.05) is 24.2 Å². The lowest BCUT2D eigenvalue weighted by atomic mass is 10.0. The number of alkyl halides is 3. The molecule has 0 aliphatic carbocycles. The van der Waals surface area contributed by atoms with Gasteiger partial charge in [-0.1, -0.05) is 31.2 Å². The molecule has 39 heavy (non-hydrogen) atoms. The van der Waals surface area contributed by atoms with Crippen LogP contribution in [0.4, 0.5) is 18.9 Å². The van der Waals surface area contributed by atoms with Crippen LogP contribution in [0.15, 0.2) is 54.2 Å². The van der Waals surface area contributed by atoms with Crippen LogP contribution in [0.2, 0.25) is 0 Å². The smallest absolute Gasteiger partial charge is 0.351 e. The number of piperidine rings is 1. The summed E-state index contributed by atoms with van der Waals surface area (Å²) in [7, 11) is 0. The van der Waals surface area contributed by atoms with Gasteiger partial charge in [0.1, 0.15) is 11.7 Å². The van der Waals surface area contributed by atoms with Crippen molar-refractivity contribution in [3.63, 3.8) is 0 Å². The van der Waals surface area contributed by atoms with Crippen molar-refractivity contribution in [2.24, 2.45) is 0 Å². The number of anilines is 1. The molecule has 11 heteroatoms. The van der Waals surface area contributed by atoms with Gasteiger partial charge >= 0.3 is 6.18 Å². The number of carbonyl (C=O) groups is 4. The number of carbonyl (C=O) groups excluding carboxylic acids is 4. The molecule has 1 fully saturated rings. The van der Waals surface area contributed by atoms with Gasteiger partial charge in [0.25, 0.3) is 11.8 Å². The highest BCUT2D eigenvalue weighted by atomic mass is 19.4. The maximum atomic E-state index is 13.0.